The van der Waals surface area contributed by atoms with Crippen LogP contribution in [0.3, 0.4) is 0 Å². The zero-order valence-electron chi connectivity index (χ0n) is 19.8. The van der Waals surface area contributed by atoms with Gasteiger partial charge in [0.25, 0.3) is 5.91 Å². The van der Waals surface area contributed by atoms with Gasteiger partial charge in [-0.25, -0.2) is 14.1 Å². The molecule has 1 saturated heterocycles. The van der Waals surface area contributed by atoms with Crippen molar-refractivity contribution in [3.8, 4) is 11.5 Å². The Bertz CT molecular complexity index is 1360. The fourth-order valence-corrected chi connectivity index (χ4v) is 3.86. The van der Waals surface area contributed by atoms with Gasteiger partial charge >= 0.3 is 6.03 Å². The predicted octanol–water partition coefficient (Wildman–Crippen LogP) is 4.99. The highest BCUT2D eigenvalue weighted by atomic mass is 35.5. The third kappa shape index (κ3) is 6.25. The van der Waals surface area contributed by atoms with Crippen LogP contribution < -0.4 is 20.1 Å². The number of para-hydroxylation sites is 1. The molecular weight excluding hydrogens is 501 g/mol. The molecule has 4 rings (SSSR count). The van der Waals surface area contributed by atoms with Crippen LogP contribution in [0.4, 0.5) is 14.9 Å². The molecule has 1 heterocycles. The molecule has 190 valence electrons. The lowest BCUT2D eigenvalue weighted by Gasteiger charge is -2.15. The maximum atomic E-state index is 13.8. The molecular formula is C27H23ClFN3O5. The Morgan fingerprint density at radius 2 is 1.81 bits per heavy atom. The van der Waals surface area contributed by atoms with Crippen LogP contribution in [0.1, 0.15) is 18.1 Å². The third-order valence-corrected chi connectivity index (χ3v) is 5.56. The van der Waals surface area contributed by atoms with Gasteiger partial charge < -0.3 is 20.1 Å². The topological polar surface area (TPSA) is 97.0 Å². The molecule has 1 aliphatic heterocycles. The van der Waals surface area contributed by atoms with E-state index in [1.54, 1.807) is 18.2 Å². The van der Waals surface area contributed by atoms with Crippen molar-refractivity contribution in [3.05, 3.63) is 94.4 Å². The van der Waals surface area contributed by atoms with Gasteiger partial charge in [0.05, 0.1) is 17.3 Å². The van der Waals surface area contributed by atoms with Crippen LogP contribution in [0.5, 0.6) is 11.5 Å². The molecule has 3 aromatic rings. The summed E-state index contributed by atoms with van der Waals surface area (Å²) in [5, 5.41) is 5.05. The van der Waals surface area contributed by atoms with Gasteiger partial charge in [-0.2, -0.15) is 0 Å². The summed E-state index contributed by atoms with van der Waals surface area (Å²) in [6, 6.07) is 17.6. The van der Waals surface area contributed by atoms with Crippen LogP contribution >= 0.6 is 11.6 Å². The molecule has 0 aliphatic carbocycles. The molecule has 3 aromatic carbocycles. The van der Waals surface area contributed by atoms with Crippen LogP contribution in [0.25, 0.3) is 6.08 Å². The second-order valence-corrected chi connectivity index (χ2v) is 8.35. The maximum absolute atomic E-state index is 13.8. The number of nitrogens with one attached hydrogen (secondary N) is 2. The Kier molecular flexibility index (Phi) is 8.05. The molecule has 1 aliphatic rings. The summed E-state index contributed by atoms with van der Waals surface area (Å²) < 4.78 is 25.4. The minimum absolute atomic E-state index is 0.0528. The van der Waals surface area contributed by atoms with Gasteiger partial charge in [0.2, 0.25) is 5.91 Å². The van der Waals surface area contributed by atoms with Crippen LogP contribution in [-0.2, 0) is 16.2 Å². The average molecular weight is 524 g/mol. The van der Waals surface area contributed by atoms with E-state index in [1.165, 1.54) is 24.3 Å². The summed E-state index contributed by atoms with van der Waals surface area (Å²) >= 11 is 6.47. The second-order valence-electron chi connectivity index (χ2n) is 7.94. The first-order valence-electron chi connectivity index (χ1n) is 11.4. The summed E-state index contributed by atoms with van der Waals surface area (Å²) in [6.45, 7) is 1.84. The highest BCUT2D eigenvalue weighted by Gasteiger charge is 2.35. The van der Waals surface area contributed by atoms with Crippen molar-refractivity contribution in [2.75, 3.05) is 18.5 Å². The Balaban J connectivity index is 1.49. The third-order valence-electron chi connectivity index (χ3n) is 5.28. The summed E-state index contributed by atoms with van der Waals surface area (Å²) in [4.78, 5) is 38.3. The van der Waals surface area contributed by atoms with Gasteiger partial charge in [-0.15, -0.1) is 0 Å². The summed E-state index contributed by atoms with van der Waals surface area (Å²) in [7, 11) is 0. The van der Waals surface area contributed by atoms with Crippen molar-refractivity contribution in [2.45, 2.75) is 13.5 Å². The SMILES string of the molecule is CCOc1cc(/C=C2/NC(=O)N(CC(=O)Nc3ccccc3F)C2=O)cc(Cl)c1OCc1ccccc1. The van der Waals surface area contributed by atoms with Crippen LogP contribution in [0, 0.1) is 5.82 Å². The summed E-state index contributed by atoms with van der Waals surface area (Å²) in [5.41, 5.74) is 1.32. The lowest BCUT2D eigenvalue weighted by molar-refractivity contribution is -0.127. The van der Waals surface area contributed by atoms with E-state index in [2.05, 4.69) is 10.6 Å². The number of hydrogen-bond acceptors (Lipinski definition) is 5. The number of carbonyl (C=O) groups excluding carboxylic acids is 3. The normalized spacial score (nSPS) is 14.0. The number of hydrogen-bond donors (Lipinski definition) is 2. The molecule has 2 N–H and O–H groups in total. The average Bonchev–Trinajstić information content (AvgIpc) is 3.13. The number of anilines is 1. The van der Waals surface area contributed by atoms with Gasteiger partial charge in [0.1, 0.15) is 24.7 Å². The van der Waals surface area contributed by atoms with Gasteiger partial charge in [0, 0.05) is 0 Å². The number of imide groups is 1. The molecule has 0 atom stereocenters. The number of halogens is 2. The van der Waals surface area contributed by atoms with Crippen molar-refractivity contribution in [2.24, 2.45) is 0 Å². The summed E-state index contributed by atoms with van der Waals surface area (Å²) in [5.74, 6) is -1.35. The highest BCUT2D eigenvalue weighted by molar-refractivity contribution is 6.32. The zero-order chi connectivity index (χ0) is 26.4. The molecule has 0 aromatic heterocycles. The number of nitrogens with zero attached hydrogens (tertiary/aromatic N) is 1. The number of ether oxygens (including phenoxy) is 2. The first-order chi connectivity index (χ1) is 17.9. The van der Waals surface area contributed by atoms with Crippen LogP contribution in [0.2, 0.25) is 5.02 Å². The molecule has 0 radical (unpaired) electrons. The van der Waals surface area contributed by atoms with Crippen LogP contribution in [0.15, 0.2) is 72.4 Å². The fraction of sp³-hybridized carbons (Fsp3) is 0.148. The van der Waals surface area contributed by atoms with Crippen molar-refractivity contribution in [1.82, 2.24) is 10.2 Å². The van der Waals surface area contributed by atoms with Gasteiger partial charge in [-0.3, -0.25) is 9.59 Å². The predicted molar refractivity (Wildman–Crippen MR) is 137 cm³/mol. The standard InChI is InChI=1S/C27H23ClFN3O5/c1-2-36-23-14-18(12-19(28)25(23)37-16-17-8-4-3-5-9-17)13-22-26(34)32(27(35)31-22)15-24(33)30-21-11-7-6-10-20(21)29/h3-14H,2,15-16H2,1H3,(H,30,33)(H,31,35)/b22-13+. The number of carbonyl (C=O) groups is 3. The first-order valence-corrected chi connectivity index (χ1v) is 11.8. The number of benzene rings is 3. The van der Waals surface area contributed by atoms with Gasteiger partial charge in [0.15, 0.2) is 11.5 Å². The van der Waals surface area contributed by atoms with E-state index in [4.69, 9.17) is 21.1 Å². The van der Waals surface area contributed by atoms with E-state index in [1.807, 2.05) is 37.3 Å². The Morgan fingerprint density at radius 1 is 1.08 bits per heavy atom. The molecule has 0 bridgehead atoms. The van der Waals surface area contributed by atoms with E-state index >= 15 is 0 Å². The quantitative estimate of drug-likeness (QED) is 0.304. The van der Waals surface area contributed by atoms with Gasteiger partial charge in [-0.1, -0.05) is 54.1 Å². The molecule has 10 heteroatoms. The maximum Gasteiger partial charge on any atom is 0.329 e. The van der Waals surface area contributed by atoms with Crippen molar-refractivity contribution < 1.29 is 28.2 Å². The van der Waals surface area contributed by atoms with Crippen molar-refractivity contribution in [3.63, 3.8) is 0 Å². The zero-order valence-corrected chi connectivity index (χ0v) is 20.5. The molecule has 0 spiro atoms. The Labute approximate surface area is 217 Å². The smallest absolute Gasteiger partial charge is 0.329 e. The first kappa shape index (κ1) is 25.7. The minimum Gasteiger partial charge on any atom is -0.490 e. The highest BCUT2D eigenvalue weighted by Crippen LogP contribution is 2.38. The van der Waals surface area contributed by atoms with Crippen molar-refractivity contribution in [1.29, 1.82) is 0 Å². The molecule has 8 nitrogen and oxygen atoms in total. The van der Waals surface area contributed by atoms with E-state index in [0.717, 1.165) is 10.5 Å². The van der Waals surface area contributed by atoms with Crippen LogP contribution in [-0.4, -0.2) is 35.9 Å². The van der Waals surface area contributed by atoms with E-state index in [0.29, 0.717) is 23.7 Å². The number of urea groups is 1. The lowest BCUT2D eigenvalue weighted by Crippen LogP contribution is -2.38. The molecule has 4 amide bonds. The monoisotopic (exact) mass is 523 g/mol. The molecule has 0 unspecified atom stereocenters. The molecule has 37 heavy (non-hydrogen) atoms. The number of amides is 4. The van der Waals surface area contributed by atoms with Gasteiger partial charge in [-0.05, 0) is 48.4 Å². The van der Waals surface area contributed by atoms with E-state index in [-0.39, 0.29) is 23.0 Å². The Hall–Kier alpha value is -4.37. The fourth-order valence-electron chi connectivity index (χ4n) is 3.58. The minimum atomic E-state index is -0.779. The molecule has 0 saturated carbocycles. The molecule has 1 fully saturated rings. The van der Waals surface area contributed by atoms with E-state index in [9.17, 15) is 18.8 Å². The Morgan fingerprint density at radius 3 is 2.54 bits per heavy atom. The largest absolute Gasteiger partial charge is 0.490 e. The van der Waals surface area contributed by atoms with E-state index < -0.39 is 30.2 Å². The second kappa shape index (κ2) is 11.6. The number of rotatable bonds is 9. The lowest BCUT2D eigenvalue weighted by atomic mass is 10.1. The van der Waals surface area contributed by atoms with Crippen molar-refractivity contribution >= 4 is 41.2 Å². The summed E-state index contributed by atoms with van der Waals surface area (Å²) in [6.07, 6.45) is 1.42.